The Bertz CT molecular complexity index is 716. The molecule has 6 heteroatoms. The summed E-state index contributed by atoms with van der Waals surface area (Å²) in [5.41, 5.74) is 1.48. The van der Waals surface area contributed by atoms with Gasteiger partial charge in [0.1, 0.15) is 5.82 Å². The number of carbonyl (C=O) groups is 2. The van der Waals surface area contributed by atoms with Crippen LogP contribution < -0.4 is 5.32 Å². The van der Waals surface area contributed by atoms with Gasteiger partial charge in [-0.2, -0.15) is 0 Å². The topological polar surface area (TPSA) is 55.4 Å². The Morgan fingerprint density at radius 3 is 2.48 bits per heavy atom. The van der Waals surface area contributed by atoms with Crippen LogP contribution in [0.2, 0.25) is 5.02 Å². The van der Waals surface area contributed by atoms with E-state index in [9.17, 15) is 14.0 Å². The van der Waals surface area contributed by atoms with Gasteiger partial charge in [-0.05, 0) is 42.3 Å². The van der Waals surface area contributed by atoms with E-state index in [1.807, 2.05) is 19.1 Å². The number of halogens is 2. The molecule has 0 fully saturated rings. The molecule has 0 aliphatic heterocycles. The van der Waals surface area contributed by atoms with Crippen LogP contribution in [0.5, 0.6) is 0 Å². The van der Waals surface area contributed by atoms with Crippen LogP contribution in [0, 0.1) is 5.82 Å². The lowest BCUT2D eigenvalue weighted by atomic mass is 10.1. The monoisotopic (exact) mass is 335 g/mol. The molecule has 0 aromatic heterocycles. The molecule has 120 valence electrons. The summed E-state index contributed by atoms with van der Waals surface area (Å²) in [5.74, 6) is -2.22. The van der Waals surface area contributed by atoms with Crippen LogP contribution in [0.1, 0.15) is 22.8 Å². The Balaban J connectivity index is 1.89. The van der Waals surface area contributed by atoms with Crippen LogP contribution in [0.4, 0.5) is 10.1 Å². The number of nitrogens with one attached hydrogen (secondary N) is 1. The summed E-state index contributed by atoms with van der Waals surface area (Å²) in [5, 5.41) is 2.77. The number of benzene rings is 2. The predicted octanol–water partition coefficient (Wildman–Crippen LogP) is 3.84. The van der Waals surface area contributed by atoms with Gasteiger partial charge in [0.05, 0.1) is 5.56 Å². The highest BCUT2D eigenvalue weighted by Gasteiger charge is 2.15. The molecule has 2 aromatic carbocycles. The molecule has 1 amide bonds. The Kier molecular flexibility index (Phi) is 5.71. The highest BCUT2D eigenvalue weighted by molar-refractivity contribution is 6.30. The van der Waals surface area contributed by atoms with E-state index in [0.29, 0.717) is 5.69 Å². The van der Waals surface area contributed by atoms with Crippen molar-refractivity contribution in [2.45, 2.75) is 13.3 Å². The molecule has 0 radical (unpaired) electrons. The molecule has 4 nitrogen and oxygen atoms in total. The zero-order valence-electron chi connectivity index (χ0n) is 12.4. The third-order valence-electron chi connectivity index (χ3n) is 3.13. The maximum absolute atomic E-state index is 13.6. The third kappa shape index (κ3) is 4.79. The van der Waals surface area contributed by atoms with Crippen molar-refractivity contribution in [1.29, 1.82) is 0 Å². The van der Waals surface area contributed by atoms with Gasteiger partial charge in [-0.3, -0.25) is 4.79 Å². The first kappa shape index (κ1) is 17.0. The molecule has 0 aliphatic rings. The number of ether oxygens (including phenoxy) is 1. The summed E-state index contributed by atoms with van der Waals surface area (Å²) in [6, 6.07) is 10.9. The minimum atomic E-state index is -0.921. The van der Waals surface area contributed by atoms with Crippen LogP contribution >= 0.6 is 11.6 Å². The summed E-state index contributed by atoms with van der Waals surface area (Å²) >= 11 is 5.60. The summed E-state index contributed by atoms with van der Waals surface area (Å²) in [6.07, 6.45) is 0.901. The molecule has 0 unspecified atom stereocenters. The van der Waals surface area contributed by atoms with E-state index in [-0.39, 0.29) is 10.6 Å². The summed E-state index contributed by atoms with van der Waals surface area (Å²) < 4.78 is 18.4. The fourth-order valence-electron chi connectivity index (χ4n) is 1.88. The molecule has 0 saturated carbocycles. The van der Waals surface area contributed by atoms with Crippen LogP contribution in [-0.2, 0) is 16.0 Å². The van der Waals surface area contributed by atoms with E-state index in [0.717, 1.165) is 18.1 Å². The average molecular weight is 336 g/mol. The quantitative estimate of drug-likeness (QED) is 0.845. The molecule has 1 N–H and O–H groups in total. The van der Waals surface area contributed by atoms with Gasteiger partial charge in [0.25, 0.3) is 5.91 Å². The first-order valence-corrected chi connectivity index (χ1v) is 7.38. The molecule has 0 heterocycles. The van der Waals surface area contributed by atoms with Crippen LogP contribution in [-0.4, -0.2) is 18.5 Å². The van der Waals surface area contributed by atoms with Gasteiger partial charge < -0.3 is 10.1 Å². The van der Waals surface area contributed by atoms with Crippen molar-refractivity contribution in [2.24, 2.45) is 0 Å². The highest BCUT2D eigenvalue weighted by atomic mass is 35.5. The van der Waals surface area contributed by atoms with Gasteiger partial charge in [-0.1, -0.05) is 30.7 Å². The lowest BCUT2D eigenvalue weighted by molar-refractivity contribution is -0.119. The number of rotatable bonds is 5. The van der Waals surface area contributed by atoms with Gasteiger partial charge >= 0.3 is 5.97 Å². The normalized spacial score (nSPS) is 10.2. The second kappa shape index (κ2) is 7.74. The van der Waals surface area contributed by atoms with E-state index < -0.39 is 24.3 Å². The summed E-state index contributed by atoms with van der Waals surface area (Å²) in [6.45, 7) is 1.53. The number of esters is 1. The first-order chi connectivity index (χ1) is 11.0. The molecule has 0 saturated heterocycles. The number of aryl methyl sites for hydroxylation is 1. The molecule has 2 rings (SSSR count). The van der Waals surface area contributed by atoms with Gasteiger partial charge in [0, 0.05) is 10.7 Å². The maximum Gasteiger partial charge on any atom is 0.341 e. The largest absolute Gasteiger partial charge is 0.452 e. The van der Waals surface area contributed by atoms with Crippen molar-refractivity contribution in [2.75, 3.05) is 11.9 Å². The number of carbonyl (C=O) groups excluding carboxylic acids is 2. The highest BCUT2D eigenvalue weighted by Crippen LogP contribution is 2.15. The van der Waals surface area contributed by atoms with E-state index in [1.54, 1.807) is 12.1 Å². The Morgan fingerprint density at radius 2 is 1.87 bits per heavy atom. The molecule has 0 spiro atoms. The second-order valence-corrected chi connectivity index (χ2v) is 5.24. The standard InChI is InChI=1S/C17H15ClFNO3/c1-2-11-3-6-13(7-4-11)20-16(21)10-23-17(22)14-8-5-12(18)9-15(14)19/h3-9H,2,10H2,1H3,(H,20,21). The van der Waals surface area contributed by atoms with Gasteiger partial charge in [-0.15, -0.1) is 0 Å². The van der Waals surface area contributed by atoms with E-state index in [1.165, 1.54) is 12.1 Å². The number of hydrogen-bond acceptors (Lipinski definition) is 3. The number of anilines is 1. The summed E-state index contributed by atoms with van der Waals surface area (Å²) in [7, 11) is 0. The Labute approximate surface area is 138 Å². The molecule has 0 atom stereocenters. The predicted molar refractivity (Wildman–Crippen MR) is 86.1 cm³/mol. The van der Waals surface area contributed by atoms with Crippen molar-refractivity contribution in [3.8, 4) is 0 Å². The van der Waals surface area contributed by atoms with Crippen molar-refractivity contribution in [3.05, 3.63) is 64.4 Å². The smallest absolute Gasteiger partial charge is 0.341 e. The molecular weight excluding hydrogens is 321 g/mol. The average Bonchev–Trinajstić information content (AvgIpc) is 2.53. The van der Waals surface area contributed by atoms with Gasteiger partial charge in [0.2, 0.25) is 0 Å². The van der Waals surface area contributed by atoms with Crippen molar-refractivity contribution >= 4 is 29.2 Å². The zero-order valence-corrected chi connectivity index (χ0v) is 13.2. The second-order valence-electron chi connectivity index (χ2n) is 4.80. The molecule has 0 bridgehead atoms. The lowest BCUT2D eigenvalue weighted by Crippen LogP contribution is -2.21. The zero-order chi connectivity index (χ0) is 16.8. The van der Waals surface area contributed by atoms with E-state index >= 15 is 0 Å². The maximum atomic E-state index is 13.6. The molecule has 0 aliphatic carbocycles. The van der Waals surface area contributed by atoms with Crippen molar-refractivity contribution in [3.63, 3.8) is 0 Å². The van der Waals surface area contributed by atoms with Crippen molar-refractivity contribution < 1.29 is 18.7 Å². The Morgan fingerprint density at radius 1 is 1.17 bits per heavy atom. The number of hydrogen-bond donors (Lipinski definition) is 1. The summed E-state index contributed by atoms with van der Waals surface area (Å²) in [4.78, 5) is 23.5. The van der Waals surface area contributed by atoms with E-state index in [2.05, 4.69) is 5.32 Å². The van der Waals surface area contributed by atoms with Crippen molar-refractivity contribution in [1.82, 2.24) is 0 Å². The van der Waals surface area contributed by atoms with Gasteiger partial charge in [-0.25, -0.2) is 9.18 Å². The number of amides is 1. The molecular formula is C17H15ClFNO3. The van der Waals surface area contributed by atoms with Crippen LogP contribution in [0.25, 0.3) is 0 Å². The van der Waals surface area contributed by atoms with Crippen LogP contribution in [0.15, 0.2) is 42.5 Å². The lowest BCUT2D eigenvalue weighted by Gasteiger charge is -2.08. The third-order valence-corrected chi connectivity index (χ3v) is 3.37. The minimum absolute atomic E-state index is 0.173. The fourth-order valence-corrected chi connectivity index (χ4v) is 2.04. The first-order valence-electron chi connectivity index (χ1n) is 7.00. The van der Waals surface area contributed by atoms with E-state index in [4.69, 9.17) is 16.3 Å². The van der Waals surface area contributed by atoms with Crippen LogP contribution in [0.3, 0.4) is 0 Å². The molecule has 23 heavy (non-hydrogen) atoms. The fraction of sp³-hybridized carbons (Fsp3) is 0.176. The Hall–Kier alpha value is -2.40. The minimum Gasteiger partial charge on any atom is -0.452 e. The SMILES string of the molecule is CCc1ccc(NC(=O)COC(=O)c2ccc(Cl)cc2F)cc1. The van der Waals surface area contributed by atoms with Gasteiger partial charge in [0.15, 0.2) is 6.61 Å². The molecule has 2 aromatic rings.